The fraction of sp³-hybridized carbons (Fsp3) is 0.0667. The van der Waals surface area contributed by atoms with Crippen LogP contribution in [0.5, 0.6) is 0 Å². The zero-order chi connectivity index (χ0) is 11.4. The maximum Gasteiger partial charge on any atom is 0.131 e. The van der Waals surface area contributed by atoms with Crippen molar-refractivity contribution in [3.63, 3.8) is 0 Å². The molecule has 0 fully saturated rings. The number of hydrogen-bond acceptors (Lipinski definition) is 0. The van der Waals surface area contributed by atoms with Gasteiger partial charge in [-0.3, -0.25) is 0 Å². The van der Waals surface area contributed by atoms with Crippen LogP contribution in [0.25, 0.3) is 17.2 Å². The fourth-order valence-corrected chi connectivity index (χ4v) is 1.68. The Morgan fingerprint density at radius 2 is 1.75 bits per heavy atom. The first kappa shape index (κ1) is 10.6. The third-order valence-corrected chi connectivity index (χ3v) is 2.44. The summed E-state index contributed by atoms with van der Waals surface area (Å²) in [6, 6.07) is 14.9. The van der Waals surface area contributed by atoms with Crippen molar-refractivity contribution in [2.75, 3.05) is 0 Å². The lowest BCUT2D eigenvalue weighted by Gasteiger charge is -2.04. The average molecular weight is 212 g/mol. The van der Waals surface area contributed by atoms with Crippen LogP contribution in [0.1, 0.15) is 12.5 Å². The van der Waals surface area contributed by atoms with Gasteiger partial charge in [0.1, 0.15) is 5.82 Å². The second-order valence-corrected chi connectivity index (χ2v) is 3.61. The molecular weight excluding hydrogens is 199 g/mol. The summed E-state index contributed by atoms with van der Waals surface area (Å²) in [5.41, 5.74) is 2.44. The van der Waals surface area contributed by atoms with E-state index in [1.54, 1.807) is 6.07 Å². The van der Waals surface area contributed by atoms with E-state index in [-0.39, 0.29) is 5.82 Å². The second kappa shape index (κ2) is 4.75. The normalized spacial score (nSPS) is 10.9. The Balaban J connectivity index is 2.44. The summed E-state index contributed by atoms with van der Waals surface area (Å²) in [5, 5.41) is 0. The number of allylic oxidation sites excluding steroid dienone is 1. The molecule has 0 aliphatic rings. The third kappa shape index (κ3) is 2.19. The van der Waals surface area contributed by atoms with Crippen LogP contribution in [0.15, 0.2) is 54.6 Å². The maximum atomic E-state index is 13.8. The minimum atomic E-state index is -0.179. The number of rotatable bonds is 2. The molecule has 2 aromatic rings. The molecule has 0 unspecified atom stereocenters. The van der Waals surface area contributed by atoms with Crippen LogP contribution in [0, 0.1) is 5.82 Å². The van der Waals surface area contributed by atoms with Crippen molar-refractivity contribution in [2.24, 2.45) is 0 Å². The van der Waals surface area contributed by atoms with Gasteiger partial charge in [-0.05, 0) is 24.1 Å². The van der Waals surface area contributed by atoms with Gasteiger partial charge in [0.25, 0.3) is 0 Å². The summed E-state index contributed by atoms with van der Waals surface area (Å²) >= 11 is 0. The van der Waals surface area contributed by atoms with Gasteiger partial charge in [0.05, 0.1) is 0 Å². The smallest absolute Gasteiger partial charge is 0.131 e. The van der Waals surface area contributed by atoms with E-state index in [0.717, 1.165) is 11.1 Å². The molecule has 0 saturated carbocycles. The minimum absolute atomic E-state index is 0.179. The molecule has 80 valence electrons. The summed E-state index contributed by atoms with van der Waals surface area (Å²) < 4.78 is 13.8. The minimum Gasteiger partial charge on any atom is -0.206 e. The lowest BCUT2D eigenvalue weighted by Crippen LogP contribution is -1.85. The van der Waals surface area contributed by atoms with Crippen LogP contribution in [-0.4, -0.2) is 0 Å². The molecule has 2 aromatic carbocycles. The van der Waals surface area contributed by atoms with Gasteiger partial charge in [-0.25, -0.2) is 4.39 Å². The third-order valence-electron chi connectivity index (χ3n) is 2.44. The van der Waals surface area contributed by atoms with Crippen molar-refractivity contribution >= 4 is 6.08 Å². The van der Waals surface area contributed by atoms with Gasteiger partial charge >= 0.3 is 0 Å². The Morgan fingerprint density at radius 3 is 2.38 bits per heavy atom. The molecule has 0 heterocycles. The molecule has 1 heteroatoms. The largest absolute Gasteiger partial charge is 0.206 e. The van der Waals surface area contributed by atoms with Crippen molar-refractivity contribution in [2.45, 2.75) is 6.92 Å². The highest BCUT2D eigenvalue weighted by Gasteiger charge is 2.04. The summed E-state index contributed by atoms with van der Waals surface area (Å²) in [4.78, 5) is 0. The van der Waals surface area contributed by atoms with Gasteiger partial charge in [0, 0.05) is 5.56 Å². The summed E-state index contributed by atoms with van der Waals surface area (Å²) in [6.07, 6.45) is 3.79. The monoisotopic (exact) mass is 212 g/mol. The van der Waals surface area contributed by atoms with Crippen molar-refractivity contribution in [1.82, 2.24) is 0 Å². The highest BCUT2D eigenvalue weighted by Crippen LogP contribution is 2.23. The molecule has 0 N–H and O–H groups in total. The van der Waals surface area contributed by atoms with E-state index in [1.165, 1.54) is 0 Å². The Bertz CT molecular complexity index is 498. The molecule has 0 radical (unpaired) electrons. The highest BCUT2D eigenvalue weighted by atomic mass is 19.1. The average Bonchev–Trinajstić information content (AvgIpc) is 2.31. The van der Waals surface area contributed by atoms with Crippen molar-refractivity contribution < 1.29 is 4.39 Å². The Labute approximate surface area is 95.1 Å². The van der Waals surface area contributed by atoms with E-state index in [0.29, 0.717) is 5.56 Å². The maximum absolute atomic E-state index is 13.8. The topological polar surface area (TPSA) is 0 Å². The van der Waals surface area contributed by atoms with E-state index >= 15 is 0 Å². The SMILES string of the molecule is CC=Cc1ccc(-c2ccccc2)c(F)c1. The molecule has 0 aliphatic carbocycles. The van der Waals surface area contributed by atoms with E-state index in [9.17, 15) is 4.39 Å². The first-order valence-electron chi connectivity index (χ1n) is 5.29. The van der Waals surface area contributed by atoms with Gasteiger partial charge < -0.3 is 0 Å². The molecule has 0 aromatic heterocycles. The van der Waals surface area contributed by atoms with Gasteiger partial charge in [-0.2, -0.15) is 0 Å². The van der Waals surface area contributed by atoms with E-state index in [1.807, 2.05) is 61.5 Å². The first-order chi connectivity index (χ1) is 7.81. The standard InChI is InChI=1S/C15H13F/c1-2-6-12-9-10-14(15(16)11-12)13-7-4-3-5-8-13/h2-11H,1H3. The van der Waals surface area contributed by atoms with E-state index in [2.05, 4.69) is 0 Å². The Morgan fingerprint density at radius 1 is 1.00 bits per heavy atom. The van der Waals surface area contributed by atoms with Crippen LogP contribution in [0.3, 0.4) is 0 Å². The molecule has 0 atom stereocenters. The number of benzene rings is 2. The molecular formula is C15H13F. The fourth-order valence-electron chi connectivity index (χ4n) is 1.68. The number of halogens is 1. The van der Waals surface area contributed by atoms with Gasteiger partial charge in [-0.1, -0.05) is 54.6 Å². The van der Waals surface area contributed by atoms with Crippen molar-refractivity contribution in [3.05, 3.63) is 66.0 Å². The first-order valence-corrected chi connectivity index (χ1v) is 5.29. The summed E-state index contributed by atoms with van der Waals surface area (Å²) in [6.45, 7) is 1.92. The lowest BCUT2D eigenvalue weighted by molar-refractivity contribution is 0.631. The van der Waals surface area contributed by atoms with Gasteiger partial charge in [0.15, 0.2) is 0 Å². The molecule has 0 nitrogen and oxygen atoms in total. The van der Waals surface area contributed by atoms with Crippen LogP contribution < -0.4 is 0 Å². The van der Waals surface area contributed by atoms with Crippen LogP contribution >= 0.6 is 0 Å². The zero-order valence-corrected chi connectivity index (χ0v) is 9.15. The molecule has 0 spiro atoms. The summed E-state index contributed by atoms with van der Waals surface area (Å²) in [5.74, 6) is -0.179. The summed E-state index contributed by atoms with van der Waals surface area (Å²) in [7, 11) is 0. The van der Waals surface area contributed by atoms with Crippen molar-refractivity contribution in [3.8, 4) is 11.1 Å². The van der Waals surface area contributed by atoms with E-state index < -0.39 is 0 Å². The second-order valence-electron chi connectivity index (χ2n) is 3.61. The molecule has 0 saturated heterocycles. The van der Waals surface area contributed by atoms with Crippen LogP contribution in [0.4, 0.5) is 4.39 Å². The predicted molar refractivity (Wildman–Crippen MR) is 66.5 cm³/mol. The molecule has 0 bridgehead atoms. The Kier molecular flexibility index (Phi) is 3.16. The Hall–Kier alpha value is -1.89. The van der Waals surface area contributed by atoms with Crippen molar-refractivity contribution in [1.29, 1.82) is 0 Å². The van der Waals surface area contributed by atoms with E-state index in [4.69, 9.17) is 0 Å². The van der Waals surface area contributed by atoms with Gasteiger partial charge in [0.2, 0.25) is 0 Å². The number of hydrogen-bond donors (Lipinski definition) is 0. The van der Waals surface area contributed by atoms with Crippen LogP contribution in [-0.2, 0) is 0 Å². The molecule has 2 rings (SSSR count). The van der Waals surface area contributed by atoms with Gasteiger partial charge in [-0.15, -0.1) is 0 Å². The molecule has 16 heavy (non-hydrogen) atoms. The lowest BCUT2D eigenvalue weighted by atomic mass is 10.0. The molecule has 0 aliphatic heterocycles. The molecule has 0 amide bonds. The zero-order valence-electron chi connectivity index (χ0n) is 9.15. The quantitative estimate of drug-likeness (QED) is 0.686. The van der Waals surface area contributed by atoms with Crippen LogP contribution in [0.2, 0.25) is 0 Å². The highest BCUT2D eigenvalue weighted by molar-refractivity contribution is 5.66. The predicted octanol–water partition coefficient (Wildman–Crippen LogP) is 4.53.